The summed E-state index contributed by atoms with van der Waals surface area (Å²) < 4.78 is 0. The first kappa shape index (κ1) is 34.6. The molecule has 4 aliphatic carbocycles. The molecule has 2 N–H and O–H groups in total. The smallest absolute Gasteiger partial charge is 0.0937 e. The van der Waals surface area contributed by atoms with E-state index in [0.717, 1.165) is 44.8 Å². The Hall–Kier alpha value is -4.78. The van der Waals surface area contributed by atoms with Gasteiger partial charge in [0.2, 0.25) is 0 Å². The van der Waals surface area contributed by atoms with Crippen molar-refractivity contribution in [3.8, 4) is 0 Å². The molecule has 1 unspecified atom stereocenters. The molecule has 0 saturated heterocycles. The normalized spacial score (nSPS) is 20.0. The van der Waals surface area contributed by atoms with Crippen molar-refractivity contribution in [2.45, 2.75) is 53.9 Å². The van der Waals surface area contributed by atoms with E-state index in [2.05, 4.69) is 142 Å². The molecule has 3 heteroatoms. The zero-order valence-corrected chi connectivity index (χ0v) is 29.9. The van der Waals surface area contributed by atoms with Crippen LogP contribution < -0.4 is 11.0 Å². The van der Waals surface area contributed by atoms with Gasteiger partial charge in [0.1, 0.15) is 0 Å². The third-order valence-corrected chi connectivity index (χ3v) is 9.87. The van der Waals surface area contributed by atoms with Crippen LogP contribution in [0.15, 0.2) is 161 Å². The average molecular weight is 647 g/mol. The number of hydrogen-bond acceptors (Lipinski definition) is 2. The molecular formula is C45H47N2P. The van der Waals surface area contributed by atoms with Gasteiger partial charge in [0.25, 0.3) is 0 Å². The second kappa shape index (κ2) is 16.9. The highest BCUT2D eigenvalue weighted by Gasteiger charge is 2.23. The van der Waals surface area contributed by atoms with Crippen LogP contribution in [0.3, 0.4) is 0 Å². The van der Waals surface area contributed by atoms with Crippen LogP contribution in [0.1, 0.15) is 67.0 Å². The van der Waals surface area contributed by atoms with Crippen LogP contribution in [0.25, 0.3) is 17.3 Å². The van der Waals surface area contributed by atoms with Crippen molar-refractivity contribution < 1.29 is 0 Å². The second-order valence-corrected chi connectivity index (χ2v) is 13.4. The Kier molecular flexibility index (Phi) is 12.1. The third-order valence-electron chi connectivity index (χ3n) is 8.55. The summed E-state index contributed by atoms with van der Waals surface area (Å²) in [6.45, 7) is 10.4. The topological polar surface area (TPSA) is 38.4 Å². The van der Waals surface area contributed by atoms with Gasteiger partial charge >= 0.3 is 0 Å². The van der Waals surface area contributed by atoms with Crippen LogP contribution in [-0.4, -0.2) is 5.71 Å². The van der Waals surface area contributed by atoms with Crippen LogP contribution >= 0.6 is 8.58 Å². The number of hydrogen-bond donors (Lipinski definition) is 1. The molecule has 2 bridgehead atoms. The van der Waals surface area contributed by atoms with Crippen LogP contribution in [0.2, 0.25) is 0 Å². The van der Waals surface area contributed by atoms with Crippen molar-refractivity contribution in [2.24, 2.45) is 10.7 Å². The fourth-order valence-corrected chi connectivity index (χ4v) is 7.32. The van der Waals surface area contributed by atoms with E-state index < -0.39 is 0 Å². The van der Waals surface area contributed by atoms with Gasteiger partial charge in [-0.15, -0.1) is 0 Å². The second-order valence-electron chi connectivity index (χ2n) is 11.9. The molecule has 0 aliphatic heterocycles. The minimum Gasteiger partial charge on any atom is -0.397 e. The van der Waals surface area contributed by atoms with E-state index in [4.69, 9.17) is 10.7 Å². The Labute approximate surface area is 289 Å². The minimum absolute atomic E-state index is 0.681. The maximum Gasteiger partial charge on any atom is 0.0937 e. The molecule has 0 saturated carbocycles. The Bertz CT molecular complexity index is 1950. The van der Waals surface area contributed by atoms with E-state index in [-0.39, 0.29) is 0 Å². The molecule has 0 fully saturated rings. The maximum atomic E-state index is 6.49. The molecule has 3 aromatic carbocycles. The molecule has 3 aromatic rings. The van der Waals surface area contributed by atoms with Gasteiger partial charge in [-0.25, -0.2) is 0 Å². The quantitative estimate of drug-likeness (QED) is 0.275. The Morgan fingerprint density at radius 1 is 0.812 bits per heavy atom. The summed E-state index contributed by atoms with van der Waals surface area (Å²) in [7, 11) is 0.857. The first-order valence-electron chi connectivity index (χ1n) is 17.0. The van der Waals surface area contributed by atoms with E-state index in [0.29, 0.717) is 5.70 Å². The molecule has 4 aliphatic rings. The molecule has 7 rings (SSSR count). The van der Waals surface area contributed by atoms with Gasteiger partial charge in [0.05, 0.1) is 11.4 Å². The molecule has 48 heavy (non-hydrogen) atoms. The van der Waals surface area contributed by atoms with Crippen molar-refractivity contribution in [3.05, 3.63) is 189 Å². The molecule has 242 valence electrons. The third kappa shape index (κ3) is 8.38. The van der Waals surface area contributed by atoms with Gasteiger partial charge in [-0.2, -0.15) is 0 Å². The number of aliphatic imine (C=N–C) groups is 1. The molecule has 0 aromatic heterocycles. The lowest BCUT2D eigenvalue weighted by molar-refractivity contribution is 1.23. The van der Waals surface area contributed by atoms with Crippen LogP contribution in [-0.2, 0) is 6.42 Å². The van der Waals surface area contributed by atoms with Gasteiger partial charge in [0, 0.05) is 17.7 Å². The summed E-state index contributed by atoms with van der Waals surface area (Å²) in [5.41, 5.74) is 20.6. The van der Waals surface area contributed by atoms with Crippen molar-refractivity contribution in [3.63, 3.8) is 0 Å². The Morgan fingerprint density at radius 2 is 1.62 bits per heavy atom. The molecule has 0 amide bonds. The summed E-state index contributed by atoms with van der Waals surface area (Å²) in [5.74, 6) is 0. The molecule has 0 heterocycles. The zero-order chi connectivity index (χ0) is 33.9. The van der Waals surface area contributed by atoms with E-state index >= 15 is 0 Å². The first-order chi connectivity index (χ1) is 23.5. The Balaban J connectivity index is 0.000000268. The monoisotopic (exact) mass is 646 g/mol. The largest absolute Gasteiger partial charge is 0.397 e. The minimum atomic E-state index is 0.681. The highest BCUT2D eigenvalue weighted by Crippen LogP contribution is 2.40. The van der Waals surface area contributed by atoms with E-state index in [9.17, 15) is 0 Å². The van der Waals surface area contributed by atoms with E-state index in [1.807, 2.05) is 32.1 Å². The fraction of sp³-hybridized carbons (Fsp3) is 0.178. The molecule has 0 spiro atoms. The lowest BCUT2D eigenvalue weighted by atomic mass is 9.92. The number of benzene rings is 3. The SMILES string of the molecule is C/C=C\C1=C(C2=CCC(=N/C3=C(N)/C=C/C=C\c4cccc3c4C)C=C2)c2cc(C)ccc2C1.C1=CCC(Pc2ccccc2)=C1.CC. The summed E-state index contributed by atoms with van der Waals surface area (Å²) in [4.78, 5) is 5.06. The number of rotatable bonds is 5. The molecule has 0 radical (unpaired) electrons. The number of nitrogens with zero attached hydrogens (tertiary/aromatic N) is 1. The summed E-state index contributed by atoms with van der Waals surface area (Å²) in [6.07, 6.45) is 28.6. The highest BCUT2D eigenvalue weighted by molar-refractivity contribution is 7.51. The summed E-state index contributed by atoms with van der Waals surface area (Å²) in [6, 6.07) is 23.8. The number of aryl methyl sites for hydroxylation is 1. The van der Waals surface area contributed by atoms with Gasteiger partial charge in [0.15, 0.2) is 0 Å². The number of allylic oxidation sites excluding steroid dienone is 15. The van der Waals surface area contributed by atoms with Gasteiger partial charge in [-0.05, 0) is 95.4 Å². The first-order valence-corrected chi connectivity index (χ1v) is 18.0. The standard InChI is InChI=1S/C32H30N2.C11H11P.C2H6/c1-4-8-26-20-25-14-13-21(2)19-29(25)31(26)24-15-17-27(18-16-24)34-32-28-11-7-10-23(22(28)3)9-5-6-12-30(32)33;1-2-6-10(7-3-1)12-11-8-4-5-9-11;1-2/h4-17,19H,18,20,33H2,1-3H3;1-8,12H,9H2;1-2H3/b8-4-,9-5-,12-6+,32-30-,34-27?;;. The van der Waals surface area contributed by atoms with Crippen molar-refractivity contribution in [1.82, 2.24) is 0 Å². The molecule has 1 atom stereocenters. The van der Waals surface area contributed by atoms with Gasteiger partial charge in [-0.3, -0.25) is 4.99 Å². The molecular weight excluding hydrogens is 599 g/mol. The summed E-state index contributed by atoms with van der Waals surface area (Å²) in [5, 5.41) is 2.98. The fourth-order valence-electron chi connectivity index (χ4n) is 6.19. The molecule has 2 nitrogen and oxygen atoms in total. The van der Waals surface area contributed by atoms with Crippen LogP contribution in [0.4, 0.5) is 0 Å². The number of fused-ring (bicyclic) bond motifs is 3. The average Bonchev–Trinajstić information content (AvgIpc) is 3.76. The lowest BCUT2D eigenvalue weighted by Gasteiger charge is -2.15. The summed E-state index contributed by atoms with van der Waals surface area (Å²) >= 11 is 0. The van der Waals surface area contributed by atoms with E-state index in [1.165, 1.54) is 49.8 Å². The maximum absolute atomic E-state index is 6.49. The zero-order valence-electron chi connectivity index (χ0n) is 28.9. The van der Waals surface area contributed by atoms with Crippen LogP contribution in [0, 0.1) is 13.8 Å². The van der Waals surface area contributed by atoms with Crippen molar-refractivity contribution in [2.75, 3.05) is 0 Å². The predicted octanol–water partition coefficient (Wildman–Crippen LogP) is 11.3. The predicted molar refractivity (Wildman–Crippen MR) is 214 cm³/mol. The Morgan fingerprint density at radius 3 is 2.35 bits per heavy atom. The van der Waals surface area contributed by atoms with Gasteiger partial charge < -0.3 is 5.73 Å². The van der Waals surface area contributed by atoms with Crippen LogP contribution in [0.5, 0.6) is 0 Å². The van der Waals surface area contributed by atoms with E-state index in [1.54, 1.807) is 5.31 Å². The van der Waals surface area contributed by atoms with Crippen molar-refractivity contribution >= 4 is 36.9 Å². The number of nitrogens with two attached hydrogens (primary N) is 1. The lowest BCUT2D eigenvalue weighted by Crippen LogP contribution is -2.05. The van der Waals surface area contributed by atoms with Gasteiger partial charge in [-0.1, -0.05) is 155 Å². The highest BCUT2D eigenvalue weighted by atomic mass is 31.1. The van der Waals surface area contributed by atoms with Crippen molar-refractivity contribution in [1.29, 1.82) is 0 Å².